The zero-order chi connectivity index (χ0) is 18.2. The molecule has 1 aliphatic carbocycles. The van der Waals surface area contributed by atoms with Crippen LogP contribution in [-0.2, 0) is 16.2 Å². The van der Waals surface area contributed by atoms with Crippen LogP contribution in [0.15, 0.2) is 47.5 Å². The van der Waals surface area contributed by atoms with E-state index in [0.717, 1.165) is 24.2 Å². The Balaban J connectivity index is 1.55. The third-order valence-corrected chi connectivity index (χ3v) is 5.12. The molecule has 3 N–H and O–H groups in total. The maximum Gasteiger partial charge on any atom is 0.417 e. The van der Waals surface area contributed by atoms with E-state index in [4.69, 9.17) is 5.14 Å². The molecule has 1 fully saturated rings. The minimum atomic E-state index is -4.39. The van der Waals surface area contributed by atoms with Crippen molar-refractivity contribution in [1.82, 2.24) is 4.98 Å². The van der Waals surface area contributed by atoms with Crippen LogP contribution in [0.25, 0.3) is 0 Å². The van der Waals surface area contributed by atoms with Gasteiger partial charge in [-0.3, -0.25) is 0 Å². The normalized spacial score (nSPS) is 20.3. The lowest BCUT2D eigenvalue weighted by molar-refractivity contribution is -0.137. The van der Waals surface area contributed by atoms with E-state index in [1.54, 1.807) is 12.1 Å². The lowest BCUT2D eigenvalue weighted by Gasteiger charge is -2.08. The predicted molar refractivity (Wildman–Crippen MR) is 86.4 cm³/mol. The average molecular weight is 371 g/mol. The molecule has 1 saturated carbocycles. The second kappa shape index (κ2) is 6.30. The molecule has 0 spiro atoms. The number of benzene rings is 1. The fourth-order valence-corrected chi connectivity index (χ4v) is 3.20. The number of sulfonamides is 1. The Morgan fingerprint density at radius 1 is 1.16 bits per heavy atom. The molecule has 0 amide bonds. The fourth-order valence-electron chi connectivity index (χ4n) is 2.69. The van der Waals surface area contributed by atoms with Crippen molar-refractivity contribution in [2.45, 2.75) is 23.4 Å². The Morgan fingerprint density at radius 2 is 1.84 bits per heavy atom. The van der Waals surface area contributed by atoms with E-state index in [1.165, 1.54) is 18.2 Å². The highest BCUT2D eigenvalue weighted by Crippen LogP contribution is 2.47. The van der Waals surface area contributed by atoms with Gasteiger partial charge in [-0.1, -0.05) is 12.1 Å². The van der Waals surface area contributed by atoms with Gasteiger partial charge in [-0.25, -0.2) is 18.5 Å². The number of nitrogens with two attached hydrogens (primary N) is 1. The summed E-state index contributed by atoms with van der Waals surface area (Å²) in [6, 6.07) is 8.73. The van der Waals surface area contributed by atoms with Gasteiger partial charge < -0.3 is 5.32 Å². The number of halogens is 3. The number of pyridine rings is 1. The molecule has 1 heterocycles. The van der Waals surface area contributed by atoms with E-state index in [9.17, 15) is 21.6 Å². The zero-order valence-electron chi connectivity index (χ0n) is 13.0. The summed E-state index contributed by atoms with van der Waals surface area (Å²) < 4.78 is 59.9. The first-order chi connectivity index (χ1) is 11.6. The molecule has 2 aromatic rings. The van der Waals surface area contributed by atoms with E-state index >= 15 is 0 Å². The third kappa shape index (κ3) is 4.29. The first-order valence-electron chi connectivity index (χ1n) is 7.54. The Hall–Kier alpha value is -2.13. The summed E-state index contributed by atoms with van der Waals surface area (Å²) in [5.74, 6) is 1.00. The van der Waals surface area contributed by atoms with Crippen molar-refractivity contribution in [1.29, 1.82) is 0 Å². The van der Waals surface area contributed by atoms with E-state index < -0.39 is 21.8 Å². The number of nitrogens with zero attached hydrogens (tertiary/aromatic N) is 1. The SMILES string of the molecule is NS(=O)(=O)c1ccc([C@@H]2C[C@H]2CNc2ccc(C(F)(F)F)cn2)cc1. The second-order valence-electron chi connectivity index (χ2n) is 6.03. The molecule has 0 radical (unpaired) electrons. The van der Waals surface area contributed by atoms with Crippen molar-refractivity contribution >= 4 is 15.8 Å². The molecule has 25 heavy (non-hydrogen) atoms. The van der Waals surface area contributed by atoms with Crippen LogP contribution in [-0.4, -0.2) is 19.9 Å². The molecule has 0 unspecified atom stereocenters. The lowest BCUT2D eigenvalue weighted by atomic mass is 10.1. The largest absolute Gasteiger partial charge is 0.417 e. The number of nitrogens with one attached hydrogen (secondary N) is 1. The number of anilines is 1. The van der Waals surface area contributed by atoms with Crippen molar-refractivity contribution < 1.29 is 21.6 Å². The molecule has 134 valence electrons. The molecule has 1 aromatic carbocycles. The van der Waals surface area contributed by atoms with Gasteiger partial charge in [0.15, 0.2) is 0 Å². The topological polar surface area (TPSA) is 85.1 Å². The van der Waals surface area contributed by atoms with Crippen LogP contribution in [0.2, 0.25) is 0 Å². The summed E-state index contributed by atoms with van der Waals surface area (Å²) >= 11 is 0. The number of aromatic nitrogens is 1. The minimum Gasteiger partial charge on any atom is -0.370 e. The summed E-state index contributed by atoms with van der Waals surface area (Å²) in [5.41, 5.74) is 0.233. The number of hydrogen-bond acceptors (Lipinski definition) is 4. The first kappa shape index (κ1) is 17.7. The lowest BCUT2D eigenvalue weighted by Crippen LogP contribution is -2.12. The van der Waals surface area contributed by atoms with E-state index in [0.29, 0.717) is 18.3 Å². The Bertz CT molecular complexity index is 850. The molecule has 0 aliphatic heterocycles. The van der Waals surface area contributed by atoms with Gasteiger partial charge in [-0.2, -0.15) is 13.2 Å². The van der Waals surface area contributed by atoms with Gasteiger partial charge in [0.2, 0.25) is 10.0 Å². The number of alkyl halides is 3. The number of rotatable bonds is 5. The van der Waals surface area contributed by atoms with Crippen molar-refractivity contribution in [3.8, 4) is 0 Å². The average Bonchev–Trinajstić information content (AvgIpc) is 3.31. The molecule has 1 aromatic heterocycles. The van der Waals surface area contributed by atoms with Gasteiger partial charge in [0, 0.05) is 12.7 Å². The maximum atomic E-state index is 12.5. The number of primary sulfonamides is 1. The maximum absolute atomic E-state index is 12.5. The van der Waals surface area contributed by atoms with Crippen LogP contribution in [0.1, 0.15) is 23.5 Å². The van der Waals surface area contributed by atoms with Crippen molar-refractivity contribution in [3.63, 3.8) is 0 Å². The predicted octanol–water partition coefficient (Wildman–Crippen LogP) is 2.96. The van der Waals surface area contributed by atoms with Gasteiger partial charge in [-0.05, 0) is 48.1 Å². The molecule has 2 atom stereocenters. The van der Waals surface area contributed by atoms with Crippen LogP contribution in [0.5, 0.6) is 0 Å². The molecular formula is C16H16F3N3O2S. The molecule has 3 rings (SSSR count). The smallest absolute Gasteiger partial charge is 0.370 e. The van der Waals surface area contributed by atoms with Gasteiger partial charge in [0.05, 0.1) is 10.5 Å². The van der Waals surface area contributed by atoms with Crippen LogP contribution in [0.3, 0.4) is 0 Å². The monoisotopic (exact) mass is 371 g/mol. The highest BCUT2D eigenvalue weighted by Gasteiger charge is 2.38. The van der Waals surface area contributed by atoms with Gasteiger partial charge in [0.1, 0.15) is 5.82 Å². The van der Waals surface area contributed by atoms with Crippen molar-refractivity contribution in [2.24, 2.45) is 11.1 Å². The van der Waals surface area contributed by atoms with Crippen LogP contribution < -0.4 is 10.5 Å². The molecule has 9 heteroatoms. The Kier molecular flexibility index (Phi) is 4.46. The highest BCUT2D eigenvalue weighted by molar-refractivity contribution is 7.89. The third-order valence-electron chi connectivity index (χ3n) is 4.20. The summed E-state index contributed by atoms with van der Waals surface area (Å²) in [6.07, 6.45) is -2.67. The quantitative estimate of drug-likeness (QED) is 0.846. The zero-order valence-corrected chi connectivity index (χ0v) is 13.8. The summed E-state index contributed by atoms with van der Waals surface area (Å²) in [5, 5.41) is 8.09. The van der Waals surface area contributed by atoms with Crippen molar-refractivity contribution in [3.05, 3.63) is 53.7 Å². The molecule has 5 nitrogen and oxygen atoms in total. The fraction of sp³-hybridized carbons (Fsp3) is 0.312. The molecule has 0 bridgehead atoms. The summed E-state index contributed by atoms with van der Waals surface area (Å²) in [4.78, 5) is 3.84. The summed E-state index contributed by atoms with van der Waals surface area (Å²) in [7, 11) is -3.70. The van der Waals surface area contributed by atoms with Crippen molar-refractivity contribution in [2.75, 3.05) is 11.9 Å². The standard InChI is InChI=1S/C16H16F3N3O2S/c17-16(18,19)12-3-6-15(22-9-12)21-8-11-7-14(11)10-1-4-13(5-2-10)25(20,23)24/h1-6,9,11,14H,7-8H2,(H,21,22)(H2,20,23,24)/t11-,14-/m0/s1. The van der Waals surface area contributed by atoms with Gasteiger partial charge >= 0.3 is 6.18 Å². The van der Waals surface area contributed by atoms with Crippen LogP contribution in [0, 0.1) is 5.92 Å². The Labute approximate surface area is 143 Å². The van der Waals surface area contributed by atoms with Gasteiger partial charge in [0.25, 0.3) is 0 Å². The second-order valence-corrected chi connectivity index (χ2v) is 7.59. The highest BCUT2D eigenvalue weighted by atomic mass is 32.2. The van der Waals surface area contributed by atoms with E-state index in [1.807, 2.05) is 0 Å². The Morgan fingerprint density at radius 3 is 2.36 bits per heavy atom. The first-order valence-corrected chi connectivity index (χ1v) is 9.09. The van der Waals surface area contributed by atoms with Crippen LogP contribution in [0.4, 0.5) is 19.0 Å². The van der Waals surface area contributed by atoms with E-state index in [2.05, 4.69) is 10.3 Å². The number of hydrogen-bond donors (Lipinski definition) is 2. The molecule has 1 aliphatic rings. The minimum absolute atomic E-state index is 0.0699. The molecule has 0 saturated heterocycles. The van der Waals surface area contributed by atoms with E-state index in [-0.39, 0.29) is 10.8 Å². The molecular weight excluding hydrogens is 355 g/mol. The summed E-state index contributed by atoms with van der Waals surface area (Å²) in [6.45, 7) is 0.583. The van der Waals surface area contributed by atoms with Gasteiger partial charge in [-0.15, -0.1) is 0 Å². The van der Waals surface area contributed by atoms with Crippen LogP contribution >= 0.6 is 0 Å².